The van der Waals surface area contributed by atoms with Gasteiger partial charge in [0, 0.05) is 0 Å². The first-order valence-corrected chi connectivity index (χ1v) is 6.09. The van der Waals surface area contributed by atoms with E-state index in [-0.39, 0.29) is 11.8 Å². The summed E-state index contributed by atoms with van der Waals surface area (Å²) in [5.41, 5.74) is 3.83. The standard InChI is InChI=1S/C13H15ClN2O2/c1-9(2)13(14)11(8-17)15-16(12(13)18)10-6-4-3-5-7-10/h3-9,15,17H,1-2H3. The van der Waals surface area contributed by atoms with Crippen molar-refractivity contribution in [3.05, 3.63) is 42.3 Å². The van der Waals surface area contributed by atoms with Gasteiger partial charge in [-0.2, -0.15) is 0 Å². The van der Waals surface area contributed by atoms with Gasteiger partial charge in [-0.3, -0.25) is 10.2 Å². The lowest BCUT2D eigenvalue weighted by Gasteiger charge is -2.23. The molecule has 0 saturated carbocycles. The highest BCUT2D eigenvalue weighted by molar-refractivity contribution is 6.40. The predicted molar refractivity (Wildman–Crippen MR) is 71.2 cm³/mol. The molecule has 4 nitrogen and oxygen atoms in total. The Labute approximate surface area is 111 Å². The Balaban J connectivity index is 2.43. The Bertz CT molecular complexity index is 487. The quantitative estimate of drug-likeness (QED) is 0.639. The van der Waals surface area contributed by atoms with Crippen LogP contribution in [0.3, 0.4) is 0 Å². The minimum Gasteiger partial charge on any atom is -0.514 e. The van der Waals surface area contributed by atoms with Crippen molar-refractivity contribution < 1.29 is 9.90 Å². The molecule has 1 aromatic carbocycles. The normalized spacial score (nSPS) is 25.9. The molecule has 2 rings (SSSR count). The predicted octanol–water partition coefficient (Wildman–Crippen LogP) is 2.57. The van der Waals surface area contributed by atoms with E-state index >= 15 is 0 Å². The van der Waals surface area contributed by atoms with Gasteiger partial charge in [0.1, 0.15) is 6.26 Å². The summed E-state index contributed by atoms with van der Waals surface area (Å²) in [5.74, 6) is -0.433. The monoisotopic (exact) mass is 266 g/mol. The van der Waals surface area contributed by atoms with Crippen LogP contribution in [0.2, 0.25) is 0 Å². The largest absolute Gasteiger partial charge is 0.514 e. The number of hydrazine groups is 1. The van der Waals surface area contributed by atoms with Crippen molar-refractivity contribution in [2.24, 2.45) is 5.92 Å². The first-order chi connectivity index (χ1) is 8.51. The van der Waals surface area contributed by atoms with Crippen LogP contribution in [0.1, 0.15) is 13.8 Å². The second-order valence-corrected chi connectivity index (χ2v) is 5.09. The van der Waals surface area contributed by atoms with Crippen LogP contribution < -0.4 is 10.4 Å². The molecule has 1 saturated heterocycles. The molecule has 0 radical (unpaired) electrons. The van der Waals surface area contributed by atoms with E-state index in [9.17, 15) is 9.90 Å². The summed E-state index contributed by atoms with van der Waals surface area (Å²) in [6.07, 6.45) is 0.855. The number of carbonyl (C=O) groups excluding carboxylic acids is 1. The lowest BCUT2D eigenvalue weighted by Crippen LogP contribution is -2.41. The van der Waals surface area contributed by atoms with Crippen molar-refractivity contribution in [1.29, 1.82) is 0 Å². The van der Waals surface area contributed by atoms with Gasteiger partial charge in [0.2, 0.25) is 0 Å². The summed E-state index contributed by atoms with van der Waals surface area (Å²) >= 11 is 6.38. The Morgan fingerprint density at radius 2 is 2.00 bits per heavy atom. The number of amides is 1. The Morgan fingerprint density at radius 1 is 1.39 bits per heavy atom. The molecular formula is C13H15ClN2O2. The van der Waals surface area contributed by atoms with Crippen LogP contribution in [0.4, 0.5) is 5.69 Å². The number of halogens is 1. The van der Waals surface area contributed by atoms with Crippen LogP contribution in [0.15, 0.2) is 42.3 Å². The summed E-state index contributed by atoms with van der Waals surface area (Å²) in [7, 11) is 0. The van der Waals surface area contributed by atoms with Crippen molar-refractivity contribution in [2.45, 2.75) is 18.7 Å². The number of nitrogens with zero attached hydrogens (tertiary/aromatic N) is 1. The highest BCUT2D eigenvalue weighted by Crippen LogP contribution is 2.39. The maximum Gasteiger partial charge on any atom is 0.273 e. The molecule has 1 amide bonds. The van der Waals surface area contributed by atoms with Gasteiger partial charge in [-0.05, 0) is 18.1 Å². The molecule has 0 spiro atoms. The van der Waals surface area contributed by atoms with E-state index in [2.05, 4.69) is 5.43 Å². The topological polar surface area (TPSA) is 52.6 Å². The van der Waals surface area contributed by atoms with E-state index < -0.39 is 4.87 Å². The van der Waals surface area contributed by atoms with E-state index in [1.54, 1.807) is 12.1 Å². The first-order valence-electron chi connectivity index (χ1n) is 5.71. The summed E-state index contributed by atoms with van der Waals surface area (Å²) in [4.78, 5) is 11.2. The number of aliphatic hydroxyl groups excluding tert-OH is 1. The van der Waals surface area contributed by atoms with E-state index in [1.165, 1.54) is 5.01 Å². The molecule has 0 aromatic heterocycles. The third-order valence-electron chi connectivity index (χ3n) is 3.08. The molecule has 1 unspecified atom stereocenters. The van der Waals surface area contributed by atoms with Crippen molar-refractivity contribution in [3.8, 4) is 0 Å². The molecule has 18 heavy (non-hydrogen) atoms. The van der Waals surface area contributed by atoms with Crippen molar-refractivity contribution in [2.75, 3.05) is 5.01 Å². The van der Waals surface area contributed by atoms with Gasteiger partial charge in [0.05, 0.1) is 11.4 Å². The summed E-state index contributed by atoms with van der Waals surface area (Å²) in [6, 6.07) is 9.11. The minimum absolute atomic E-state index is 0.147. The number of anilines is 1. The van der Waals surface area contributed by atoms with Gasteiger partial charge in [0.15, 0.2) is 4.87 Å². The fourth-order valence-corrected chi connectivity index (χ4v) is 2.15. The fourth-order valence-electron chi connectivity index (χ4n) is 1.97. The van der Waals surface area contributed by atoms with E-state index in [0.29, 0.717) is 11.4 Å². The first kappa shape index (κ1) is 12.8. The average molecular weight is 267 g/mol. The number of carbonyl (C=O) groups is 1. The lowest BCUT2D eigenvalue weighted by molar-refractivity contribution is -0.119. The maximum absolute atomic E-state index is 12.4. The van der Waals surface area contributed by atoms with Gasteiger partial charge in [0.25, 0.3) is 5.91 Å². The molecule has 96 valence electrons. The molecular weight excluding hydrogens is 252 g/mol. The molecule has 0 aliphatic carbocycles. The van der Waals surface area contributed by atoms with Gasteiger partial charge < -0.3 is 5.11 Å². The van der Waals surface area contributed by atoms with Crippen molar-refractivity contribution >= 4 is 23.2 Å². The van der Waals surface area contributed by atoms with E-state index in [1.807, 2.05) is 32.0 Å². The van der Waals surface area contributed by atoms with E-state index in [0.717, 1.165) is 6.26 Å². The highest BCUT2D eigenvalue weighted by atomic mass is 35.5. The third kappa shape index (κ3) is 1.73. The molecule has 1 fully saturated rings. The number of benzene rings is 1. The fraction of sp³-hybridized carbons (Fsp3) is 0.308. The van der Waals surface area contributed by atoms with Crippen LogP contribution in [0, 0.1) is 5.92 Å². The van der Waals surface area contributed by atoms with Crippen molar-refractivity contribution in [1.82, 2.24) is 5.43 Å². The molecule has 5 heteroatoms. The molecule has 1 aliphatic rings. The van der Waals surface area contributed by atoms with Gasteiger partial charge in [-0.1, -0.05) is 32.0 Å². The second-order valence-electron chi connectivity index (χ2n) is 4.50. The zero-order valence-electron chi connectivity index (χ0n) is 10.2. The number of hydrogen-bond acceptors (Lipinski definition) is 3. The summed E-state index contributed by atoms with van der Waals surface area (Å²) < 4.78 is 0. The molecule has 0 bridgehead atoms. The number of rotatable bonds is 2. The van der Waals surface area contributed by atoms with Crippen molar-refractivity contribution in [3.63, 3.8) is 0 Å². The summed E-state index contributed by atoms with van der Waals surface area (Å²) in [6.45, 7) is 3.68. The van der Waals surface area contributed by atoms with Gasteiger partial charge in [-0.15, -0.1) is 11.6 Å². The zero-order chi connectivity index (χ0) is 13.3. The molecule has 1 heterocycles. The zero-order valence-corrected chi connectivity index (χ0v) is 11.0. The van der Waals surface area contributed by atoms with Crippen LogP contribution in [-0.4, -0.2) is 15.9 Å². The summed E-state index contributed by atoms with van der Waals surface area (Å²) in [5, 5.41) is 10.6. The molecule has 2 N–H and O–H groups in total. The number of aliphatic hydroxyl groups is 1. The average Bonchev–Trinajstić information content (AvgIpc) is 2.65. The lowest BCUT2D eigenvalue weighted by atomic mass is 9.92. The van der Waals surface area contributed by atoms with Crippen LogP contribution in [0.25, 0.3) is 0 Å². The number of alkyl halides is 1. The molecule has 1 aliphatic heterocycles. The highest BCUT2D eigenvalue weighted by Gasteiger charge is 2.52. The third-order valence-corrected chi connectivity index (χ3v) is 3.88. The molecule has 1 atom stereocenters. The number of hydrogen-bond donors (Lipinski definition) is 2. The van der Waals surface area contributed by atoms with Gasteiger partial charge in [-0.25, -0.2) is 5.01 Å². The van der Waals surface area contributed by atoms with E-state index in [4.69, 9.17) is 11.6 Å². The van der Waals surface area contributed by atoms with Crippen LogP contribution >= 0.6 is 11.6 Å². The van der Waals surface area contributed by atoms with Gasteiger partial charge >= 0.3 is 0 Å². The van der Waals surface area contributed by atoms with Crippen LogP contribution in [0.5, 0.6) is 0 Å². The Morgan fingerprint density at radius 3 is 2.44 bits per heavy atom. The number of nitrogens with one attached hydrogen (secondary N) is 1. The number of para-hydroxylation sites is 1. The Kier molecular flexibility index (Phi) is 3.22. The SMILES string of the molecule is CC(C)C1(Cl)C(=O)N(c2ccccc2)NC1=CO. The Hall–Kier alpha value is -1.68. The van der Waals surface area contributed by atoms with Crippen LogP contribution in [-0.2, 0) is 4.79 Å². The molecule has 1 aromatic rings. The minimum atomic E-state index is -1.25. The second kappa shape index (κ2) is 4.53. The smallest absolute Gasteiger partial charge is 0.273 e. The maximum atomic E-state index is 12.4.